The number of piperidine rings is 1. The first-order valence-corrected chi connectivity index (χ1v) is 14.8. The van der Waals surface area contributed by atoms with E-state index in [0.717, 1.165) is 105 Å². The van der Waals surface area contributed by atoms with E-state index in [1.807, 2.05) is 35.1 Å². The molecule has 2 saturated heterocycles. The number of nitrogens with zero attached hydrogens (tertiary/aromatic N) is 8. The van der Waals surface area contributed by atoms with Gasteiger partial charge in [0, 0.05) is 75.1 Å². The standard InChI is InChI=1S/C30H39ClN8O/c1-35-16-18-36(19-17-35)11-3-12-38-22-24(21-32-38)20-28-33-29-27(4-2-13-39(29)34-28)37-14-9-30(23-40,10-15-37)25-5-7-26(31)8-6-25/h2,4-8,13,21-22,40H,3,9-12,14-20,23H2,1H3. The fraction of sp³-hybridized carbons (Fsp3) is 0.500. The van der Waals surface area contributed by atoms with Crippen LogP contribution in [0, 0.1) is 0 Å². The number of fused-ring (bicyclic) bond motifs is 1. The maximum Gasteiger partial charge on any atom is 0.178 e. The third-order valence-corrected chi connectivity index (χ3v) is 8.96. The topological polar surface area (TPSA) is 78.0 Å². The van der Waals surface area contributed by atoms with E-state index in [2.05, 4.69) is 55.9 Å². The molecule has 3 aromatic heterocycles. The van der Waals surface area contributed by atoms with Crippen LogP contribution in [-0.4, -0.2) is 98.8 Å². The van der Waals surface area contributed by atoms with E-state index in [-0.39, 0.29) is 12.0 Å². The molecular formula is C30H39ClN8O. The maximum atomic E-state index is 10.4. The summed E-state index contributed by atoms with van der Waals surface area (Å²) in [5.41, 5.74) is 4.01. The molecule has 0 unspecified atom stereocenters. The van der Waals surface area contributed by atoms with Crippen LogP contribution in [0.5, 0.6) is 0 Å². The summed E-state index contributed by atoms with van der Waals surface area (Å²) in [6, 6.07) is 12.1. The number of hydrogen-bond acceptors (Lipinski definition) is 7. The number of anilines is 1. The van der Waals surface area contributed by atoms with Crippen LogP contribution in [0.25, 0.3) is 5.65 Å². The van der Waals surface area contributed by atoms with Gasteiger partial charge in [-0.25, -0.2) is 9.50 Å². The van der Waals surface area contributed by atoms with Crippen molar-refractivity contribution in [3.8, 4) is 0 Å². The number of hydrogen-bond donors (Lipinski definition) is 1. The second-order valence-electron chi connectivity index (χ2n) is 11.4. The van der Waals surface area contributed by atoms with E-state index in [0.29, 0.717) is 6.42 Å². The summed E-state index contributed by atoms with van der Waals surface area (Å²) in [6.45, 7) is 8.48. The molecule has 0 spiro atoms. The fourth-order valence-electron chi connectivity index (χ4n) is 6.11. The molecule has 40 heavy (non-hydrogen) atoms. The van der Waals surface area contributed by atoms with E-state index >= 15 is 0 Å². The zero-order valence-electron chi connectivity index (χ0n) is 23.3. The van der Waals surface area contributed by atoms with Gasteiger partial charge in [0.15, 0.2) is 11.5 Å². The van der Waals surface area contributed by atoms with Crippen molar-refractivity contribution < 1.29 is 5.11 Å². The maximum absolute atomic E-state index is 10.4. The van der Waals surface area contributed by atoms with Crippen LogP contribution in [0.15, 0.2) is 55.0 Å². The first kappa shape index (κ1) is 27.2. The molecule has 4 aromatic rings. The summed E-state index contributed by atoms with van der Waals surface area (Å²) in [5.74, 6) is 0.798. The second-order valence-corrected chi connectivity index (χ2v) is 11.8. The van der Waals surface area contributed by atoms with E-state index in [1.165, 1.54) is 0 Å². The van der Waals surface area contributed by atoms with Gasteiger partial charge in [-0.3, -0.25) is 4.68 Å². The lowest BCUT2D eigenvalue weighted by molar-refractivity contribution is 0.151. The molecule has 1 N–H and O–H groups in total. The van der Waals surface area contributed by atoms with Gasteiger partial charge in [-0.2, -0.15) is 10.2 Å². The Labute approximate surface area is 241 Å². The van der Waals surface area contributed by atoms with Gasteiger partial charge in [-0.1, -0.05) is 23.7 Å². The van der Waals surface area contributed by atoms with Gasteiger partial charge in [0.1, 0.15) is 0 Å². The Morgan fingerprint density at radius 1 is 0.975 bits per heavy atom. The molecule has 10 heteroatoms. The molecule has 0 radical (unpaired) electrons. The number of aryl methyl sites for hydroxylation is 1. The van der Waals surface area contributed by atoms with Gasteiger partial charge < -0.3 is 19.8 Å². The van der Waals surface area contributed by atoms with Gasteiger partial charge in [0.05, 0.1) is 18.5 Å². The Morgan fingerprint density at radius 2 is 1.75 bits per heavy atom. The fourth-order valence-corrected chi connectivity index (χ4v) is 6.23. The predicted molar refractivity (Wildman–Crippen MR) is 158 cm³/mol. The molecule has 2 aliphatic rings. The first-order chi connectivity index (χ1) is 19.5. The minimum atomic E-state index is -0.240. The number of benzene rings is 1. The molecule has 6 rings (SSSR count). The van der Waals surface area contributed by atoms with E-state index in [9.17, 15) is 5.11 Å². The third-order valence-electron chi connectivity index (χ3n) is 8.71. The number of aliphatic hydroxyl groups is 1. The molecule has 0 amide bonds. The van der Waals surface area contributed by atoms with Gasteiger partial charge in [-0.15, -0.1) is 0 Å². The zero-order chi connectivity index (χ0) is 27.5. The average Bonchev–Trinajstić information content (AvgIpc) is 3.61. The molecule has 212 valence electrons. The van der Waals surface area contributed by atoms with Crippen LogP contribution in [0.4, 0.5) is 5.69 Å². The number of halogens is 1. The molecule has 0 aliphatic carbocycles. The minimum Gasteiger partial charge on any atom is -0.395 e. The number of piperazine rings is 1. The van der Waals surface area contributed by atoms with Crippen LogP contribution in [-0.2, 0) is 18.4 Å². The lowest BCUT2D eigenvalue weighted by Crippen LogP contribution is -2.45. The lowest BCUT2D eigenvalue weighted by Gasteiger charge is -2.42. The molecule has 2 fully saturated rings. The Hall–Kier alpha value is -2.98. The normalized spacial score (nSPS) is 18.5. The molecule has 0 saturated carbocycles. The molecule has 5 heterocycles. The second kappa shape index (κ2) is 11.9. The molecule has 0 bridgehead atoms. The molecular weight excluding hydrogens is 524 g/mol. The number of rotatable bonds is 9. The van der Waals surface area contributed by atoms with Gasteiger partial charge in [-0.05, 0) is 68.2 Å². The van der Waals surface area contributed by atoms with Crippen LogP contribution in [0.2, 0.25) is 5.02 Å². The summed E-state index contributed by atoms with van der Waals surface area (Å²) in [4.78, 5) is 12.3. The number of aromatic nitrogens is 5. The quantitative estimate of drug-likeness (QED) is 0.335. The molecule has 1 aromatic carbocycles. The Kier molecular flexibility index (Phi) is 8.07. The molecule has 9 nitrogen and oxygen atoms in total. The highest BCUT2D eigenvalue weighted by Gasteiger charge is 2.36. The summed E-state index contributed by atoms with van der Waals surface area (Å²) >= 11 is 6.11. The van der Waals surface area contributed by atoms with Crippen molar-refractivity contribution in [3.63, 3.8) is 0 Å². The minimum absolute atomic E-state index is 0.130. The van der Waals surface area contributed by atoms with Crippen LogP contribution in [0.3, 0.4) is 0 Å². The Bertz CT molecular complexity index is 1400. The summed E-state index contributed by atoms with van der Waals surface area (Å²) in [6.07, 6.45) is 9.52. The van der Waals surface area contributed by atoms with Crippen LogP contribution in [0.1, 0.15) is 36.2 Å². The highest BCUT2D eigenvalue weighted by Crippen LogP contribution is 2.37. The van der Waals surface area contributed by atoms with Gasteiger partial charge >= 0.3 is 0 Å². The highest BCUT2D eigenvalue weighted by molar-refractivity contribution is 6.30. The highest BCUT2D eigenvalue weighted by atomic mass is 35.5. The van der Waals surface area contributed by atoms with Crippen molar-refractivity contribution in [2.24, 2.45) is 0 Å². The van der Waals surface area contributed by atoms with Gasteiger partial charge in [0.2, 0.25) is 0 Å². The van der Waals surface area contributed by atoms with Crippen molar-refractivity contribution in [3.05, 3.63) is 77.0 Å². The number of pyridine rings is 1. The van der Waals surface area contributed by atoms with E-state index in [4.69, 9.17) is 21.7 Å². The monoisotopic (exact) mass is 562 g/mol. The smallest absolute Gasteiger partial charge is 0.178 e. The molecule has 2 aliphatic heterocycles. The van der Waals surface area contributed by atoms with Crippen molar-refractivity contribution in [2.75, 3.05) is 64.4 Å². The number of aliphatic hydroxyl groups excluding tert-OH is 1. The average molecular weight is 563 g/mol. The zero-order valence-corrected chi connectivity index (χ0v) is 24.0. The molecule has 0 atom stereocenters. The summed E-state index contributed by atoms with van der Waals surface area (Å²) < 4.78 is 3.94. The van der Waals surface area contributed by atoms with Crippen LogP contribution < -0.4 is 4.90 Å². The summed E-state index contributed by atoms with van der Waals surface area (Å²) in [7, 11) is 2.19. The Balaban J connectivity index is 1.08. The van der Waals surface area contributed by atoms with E-state index in [1.54, 1.807) is 0 Å². The van der Waals surface area contributed by atoms with Crippen molar-refractivity contribution in [1.29, 1.82) is 0 Å². The van der Waals surface area contributed by atoms with E-state index < -0.39 is 0 Å². The number of likely N-dealkylation sites (N-methyl/N-ethyl adjacent to an activating group) is 1. The lowest BCUT2D eigenvalue weighted by atomic mass is 9.73. The van der Waals surface area contributed by atoms with Crippen molar-refractivity contribution >= 4 is 22.9 Å². The van der Waals surface area contributed by atoms with Crippen molar-refractivity contribution in [2.45, 2.75) is 37.6 Å². The largest absolute Gasteiger partial charge is 0.395 e. The van der Waals surface area contributed by atoms with Crippen LogP contribution >= 0.6 is 11.6 Å². The van der Waals surface area contributed by atoms with Gasteiger partial charge in [0.25, 0.3) is 0 Å². The summed E-state index contributed by atoms with van der Waals surface area (Å²) in [5, 5.41) is 20.5. The van der Waals surface area contributed by atoms with Crippen molar-refractivity contribution in [1.82, 2.24) is 34.2 Å². The predicted octanol–water partition coefficient (Wildman–Crippen LogP) is 3.34. The SMILES string of the molecule is CN1CCN(CCCn2cc(Cc3nc4c(N5CCC(CO)(c6ccc(Cl)cc6)CC5)cccn4n3)cn2)CC1. The Morgan fingerprint density at radius 3 is 2.50 bits per heavy atom. The first-order valence-electron chi connectivity index (χ1n) is 14.4. The third kappa shape index (κ3) is 5.88.